The van der Waals surface area contributed by atoms with E-state index < -0.39 is 0 Å². The molecule has 0 fully saturated rings. The lowest BCUT2D eigenvalue weighted by molar-refractivity contribution is -0.115. The number of aromatic nitrogens is 4. The summed E-state index contributed by atoms with van der Waals surface area (Å²) in [5, 5.41) is 11.3. The van der Waals surface area contributed by atoms with Crippen molar-refractivity contribution in [3.05, 3.63) is 28.6 Å². The van der Waals surface area contributed by atoms with Crippen LogP contribution >= 0.6 is 35.0 Å². The minimum Gasteiger partial charge on any atom is -0.312 e. The van der Waals surface area contributed by atoms with E-state index in [-0.39, 0.29) is 17.0 Å². The van der Waals surface area contributed by atoms with Crippen LogP contribution in [-0.4, -0.2) is 30.9 Å². The van der Waals surface area contributed by atoms with Gasteiger partial charge in [-0.05, 0) is 13.0 Å². The highest BCUT2D eigenvalue weighted by molar-refractivity contribution is 8.00. The van der Waals surface area contributed by atoms with Crippen LogP contribution in [0.15, 0.2) is 23.7 Å². The van der Waals surface area contributed by atoms with Gasteiger partial charge in [-0.25, -0.2) is 4.98 Å². The summed E-state index contributed by atoms with van der Waals surface area (Å²) in [5.41, 5.74) is 0. The Hall–Kier alpha value is -1.31. The molecule has 1 N–H and O–H groups in total. The maximum Gasteiger partial charge on any atom is 0.238 e. The number of hydrogen-bond acceptors (Lipinski definition) is 5. The van der Waals surface area contributed by atoms with Crippen molar-refractivity contribution in [3.8, 4) is 0 Å². The van der Waals surface area contributed by atoms with E-state index in [9.17, 15) is 4.79 Å². The molecule has 0 aliphatic carbocycles. The van der Waals surface area contributed by atoms with Gasteiger partial charge < -0.3 is 9.88 Å². The molecular formula is C11H11Cl2N5OS. The molecule has 106 valence electrons. The van der Waals surface area contributed by atoms with Gasteiger partial charge in [-0.15, -0.1) is 10.2 Å². The van der Waals surface area contributed by atoms with Gasteiger partial charge in [0.15, 0.2) is 11.0 Å². The van der Waals surface area contributed by atoms with Crippen molar-refractivity contribution in [2.24, 2.45) is 7.05 Å². The first-order chi connectivity index (χ1) is 9.47. The topological polar surface area (TPSA) is 72.7 Å². The number of pyridine rings is 1. The molecule has 0 bridgehead atoms. The highest BCUT2D eigenvalue weighted by Gasteiger charge is 2.18. The fraction of sp³-hybridized carbons (Fsp3) is 0.273. The molecule has 0 aliphatic rings. The molecule has 9 heteroatoms. The standard InChI is InChI=1S/C11H11Cl2N5OS/c1-6(20-11-17-15-5-18(11)2)10(19)16-9-8(13)3-7(12)4-14-9/h3-6H,1-2H3,(H,14,16,19)/t6-/m1/s1. The van der Waals surface area contributed by atoms with Crippen molar-refractivity contribution in [3.63, 3.8) is 0 Å². The van der Waals surface area contributed by atoms with Crippen molar-refractivity contribution < 1.29 is 4.79 Å². The third-order valence-electron chi connectivity index (χ3n) is 2.37. The van der Waals surface area contributed by atoms with Crippen molar-refractivity contribution in [1.82, 2.24) is 19.7 Å². The van der Waals surface area contributed by atoms with Crippen LogP contribution in [0, 0.1) is 0 Å². The maximum atomic E-state index is 12.1. The van der Waals surface area contributed by atoms with Gasteiger partial charge in [-0.2, -0.15) is 0 Å². The number of nitrogens with one attached hydrogen (secondary N) is 1. The minimum atomic E-state index is -0.369. The van der Waals surface area contributed by atoms with E-state index >= 15 is 0 Å². The van der Waals surface area contributed by atoms with Crippen LogP contribution in [0.4, 0.5) is 5.82 Å². The second-order valence-electron chi connectivity index (χ2n) is 3.96. The average molecular weight is 332 g/mol. The molecule has 20 heavy (non-hydrogen) atoms. The SMILES string of the molecule is C[C@@H](Sc1nncn1C)C(=O)Nc1ncc(Cl)cc1Cl. The van der Waals surface area contributed by atoms with Crippen LogP contribution in [0.2, 0.25) is 10.0 Å². The summed E-state index contributed by atoms with van der Waals surface area (Å²) in [7, 11) is 1.81. The molecule has 0 spiro atoms. The predicted octanol–water partition coefficient (Wildman–Crippen LogP) is 2.64. The van der Waals surface area contributed by atoms with E-state index in [1.165, 1.54) is 24.0 Å². The highest BCUT2D eigenvalue weighted by Crippen LogP contribution is 2.25. The summed E-state index contributed by atoms with van der Waals surface area (Å²) >= 11 is 13.0. The predicted molar refractivity (Wildman–Crippen MR) is 79.2 cm³/mol. The Labute approximate surface area is 129 Å². The molecule has 2 aromatic heterocycles. The summed E-state index contributed by atoms with van der Waals surface area (Å²) in [6.45, 7) is 1.76. The summed E-state index contributed by atoms with van der Waals surface area (Å²) in [5.74, 6) is 0.0567. The Morgan fingerprint density at radius 3 is 2.85 bits per heavy atom. The molecule has 0 aliphatic heterocycles. The van der Waals surface area contributed by atoms with Crippen molar-refractivity contribution in [1.29, 1.82) is 0 Å². The van der Waals surface area contributed by atoms with Crippen LogP contribution in [0.1, 0.15) is 6.92 Å². The van der Waals surface area contributed by atoms with E-state index in [4.69, 9.17) is 23.2 Å². The smallest absolute Gasteiger partial charge is 0.238 e. The summed E-state index contributed by atoms with van der Waals surface area (Å²) in [6, 6.07) is 1.52. The zero-order valence-corrected chi connectivity index (χ0v) is 13.0. The van der Waals surface area contributed by atoms with Gasteiger partial charge in [-0.3, -0.25) is 4.79 Å². The lowest BCUT2D eigenvalue weighted by atomic mass is 10.4. The number of thioether (sulfide) groups is 1. The first kappa shape index (κ1) is 15.1. The molecule has 2 heterocycles. The van der Waals surface area contributed by atoms with Crippen LogP contribution in [0.25, 0.3) is 0 Å². The number of carbonyl (C=O) groups is 1. The summed E-state index contributed by atoms with van der Waals surface area (Å²) < 4.78 is 1.74. The average Bonchev–Trinajstić information content (AvgIpc) is 2.78. The van der Waals surface area contributed by atoms with Crippen LogP contribution in [0.5, 0.6) is 0 Å². The van der Waals surface area contributed by atoms with E-state index in [1.807, 2.05) is 7.05 Å². The van der Waals surface area contributed by atoms with Crippen LogP contribution in [0.3, 0.4) is 0 Å². The van der Waals surface area contributed by atoms with Gasteiger partial charge in [0.1, 0.15) is 6.33 Å². The number of hydrogen-bond donors (Lipinski definition) is 1. The normalized spacial score (nSPS) is 12.2. The largest absolute Gasteiger partial charge is 0.312 e. The van der Waals surface area contributed by atoms with Gasteiger partial charge in [0.2, 0.25) is 5.91 Å². The Morgan fingerprint density at radius 2 is 2.25 bits per heavy atom. The van der Waals surface area contributed by atoms with Crippen molar-refractivity contribution in [2.75, 3.05) is 5.32 Å². The van der Waals surface area contributed by atoms with E-state index in [2.05, 4.69) is 20.5 Å². The molecule has 0 radical (unpaired) electrons. The fourth-order valence-corrected chi connectivity index (χ4v) is 2.53. The lowest BCUT2D eigenvalue weighted by Crippen LogP contribution is -2.23. The number of anilines is 1. The molecule has 0 saturated heterocycles. The van der Waals surface area contributed by atoms with Gasteiger partial charge >= 0.3 is 0 Å². The Bertz CT molecular complexity index is 633. The molecule has 0 saturated carbocycles. The number of amides is 1. The molecule has 6 nitrogen and oxygen atoms in total. The quantitative estimate of drug-likeness (QED) is 0.872. The first-order valence-electron chi connectivity index (χ1n) is 5.60. The number of nitrogens with zero attached hydrogens (tertiary/aromatic N) is 4. The molecule has 2 aromatic rings. The van der Waals surface area contributed by atoms with Gasteiger partial charge in [-0.1, -0.05) is 35.0 Å². The zero-order valence-electron chi connectivity index (χ0n) is 10.7. The van der Waals surface area contributed by atoms with Gasteiger partial charge in [0.25, 0.3) is 0 Å². The zero-order chi connectivity index (χ0) is 14.7. The number of rotatable bonds is 4. The number of halogens is 2. The minimum absolute atomic E-state index is 0.227. The van der Waals surface area contributed by atoms with E-state index in [0.717, 1.165) is 0 Å². The van der Waals surface area contributed by atoms with E-state index in [0.29, 0.717) is 15.2 Å². The first-order valence-corrected chi connectivity index (χ1v) is 7.23. The van der Waals surface area contributed by atoms with Gasteiger partial charge in [0, 0.05) is 13.2 Å². The van der Waals surface area contributed by atoms with Crippen molar-refractivity contribution >= 4 is 46.7 Å². The van der Waals surface area contributed by atoms with Gasteiger partial charge in [0.05, 0.1) is 15.3 Å². The Morgan fingerprint density at radius 1 is 1.50 bits per heavy atom. The molecule has 2 rings (SSSR count). The number of aryl methyl sites for hydroxylation is 1. The van der Waals surface area contributed by atoms with Crippen LogP contribution < -0.4 is 5.32 Å². The third kappa shape index (κ3) is 3.62. The highest BCUT2D eigenvalue weighted by atomic mass is 35.5. The molecular weight excluding hydrogens is 321 g/mol. The second kappa shape index (κ2) is 6.43. The summed E-state index contributed by atoms with van der Waals surface area (Å²) in [6.07, 6.45) is 2.99. The van der Waals surface area contributed by atoms with Crippen molar-refractivity contribution in [2.45, 2.75) is 17.3 Å². The second-order valence-corrected chi connectivity index (χ2v) is 6.11. The maximum absolute atomic E-state index is 12.1. The van der Waals surface area contributed by atoms with Crippen LogP contribution in [-0.2, 0) is 11.8 Å². The Balaban J connectivity index is 2.02. The van der Waals surface area contributed by atoms with E-state index in [1.54, 1.807) is 17.8 Å². The Kier molecular flexibility index (Phi) is 4.85. The lowest BCUT2D eigenvalue weighted by Gasteiger charge is -2.11. The molecule has 0 aromatic carbocycles. The summed E-state index contributed by atoms with van der Waals surface area (Å²) in [4.78, 5) is 16.0. The number of carbonyl (C=O) groups excluding carboxylic acids is 1. The molecule has 0 unspecified atom stereocenters. The third-order valence-corrected chi connectivity index (χ3v) is 4.01. The molecule has 1 amide bonds. The fourth-order valence-electron chi connectivity index (χ4n) is 1.32. The molecule has 1 atom stereocenters. The monoisotopic (exact) mass is 331 g/mol.